The molecule has 4 rings (SSSR count). The summed E-state index contributed by atoms with van der Waals surface area (Å²) in [6.07, 6.45) is 4.83. The van der Waals surface area contributed by atoms with Crippen LogP contribution in [0.1, 0.15) is 12.8 Å². The van der Waals surface area contributed by atoms with Gasteiger partial charge in [-0.25, -0.2) is 15.0 Å². The van der Waals surface area contributed by atoms with Gasteiger partial charge in [0.05, 0.1) is 18.1 Å². The second kappa shape index (κ2) is 6.78. The van der Waals surface area contributed by atoms with E-state index < -0.39 is 0 Å². The summed E-state index contributed by atoms with van der Waals surface area (Å²) < 4.78 is 0.629. The van der Waals surface area contributed by atoms with Crippen molar-refractivity contribution in [3.05, 3.63) is 47.1 Å². The van der Waals surface area contributed by atoms with E-state index in [2.05, 4.69) is 20.3 Å². The van der Waals surface area contributed by atoms with Gasteiger partial charge in [0.25, 0.3) is 0 Å². The molecule has 0 bridgehead atoms. The van der Waals surface area contributed by atoms with E-state index in [9.17, 15) is 4.79 Å². The van der Waals surface area contributed by atoms with Crippen molar-refractivity contribution in [1.29, 1.82) is 0 Å². The maximum Gasteiger partial charge on any atom is 0.227 e. The van der Waals surface area contributed by atoms with Crippen LogP contribution in [0.3, 0.4) is 0 Å². The van der Waals surface area contributed by atoms with Crippen LogP contribution in [0.25, 0.3) is 10.7 Å². The Morgan fingerprint density at radius 1 is 1.12 bits per heavy atom. The predicted molar refractivity (Wildman–Crippen MR) is 99.5 cm³/mol. The van der Waals surface area contributed by atoms with Crippen molar-refractivity contribution in [2.75, 3.05) is 16.8 Å². The van der Waals surface area contributed by atoms with Crippen LogP contribution >= 0.6 is 22.9 Å². The van der Waals surface area contributed by atoms with Gasteiger partial charge in [-0.15, -0.1) is 11.3 Å². The van der Waals surface area contributed by atoms with Gasteiger partial charge in [-0.2, -0.15) is 0 Å². The number of hydrogen-bond acceptors (Lipinski definition) is 6. The van der Waals surface area contributed by atoms with Crippen molar-refractivity contribution in [1.82, 2.24) is 15.0 Å². The number of carbonyl (C=O) groups is 1. The summed E-state index contributed by atoms with van der Waals surface area (Å²) in [6.45, 7) is 0.757. The fourth-order valence-electron chi connectivity index (χ4n) is 2.67. The summed E-state index contributed by atoms with van der Waals surface area (Å²) in [5.41, 5.74) is 1.58. The number of amides is 1. The molecule has 25 heavy (non-hydrogen) atoms. The van der Waals surface area contributed by atoms with Crippen LogP contribution in [0.4, 0.5) is 17.3 Å². The Balaban J connectivity index is 1.51. The number of halogens is 1. The molecule has 1 saturated heterocycles. The molecule has 0 saturated carbocycles. The highest BCUT2D eigenvalue weighted by Crippen LogP contribution is 2.28. The number of pyridine rings is 2. The predicted octanol–water partition coefficient (Wildman–Crippen LogP) is 4.12. The van der Waals surface area contributed by atoms with Crippen molar-refractivity contribution in [2.24, 2.45) is 0 Å². The number of nitrogens with one attached hydrogen (secondary N) is 1. The lowest BCUT2D eigenvalue weighted by atomic mass is 10.3. The monoisotopic (exact) mass is 371 g/mol. The van der Waals surface area contributed by atoms with Crippen molar-refractivity contribution >= 4 is 46.2 Å². The van der Waals surface area contributed by atoms with Gasteiger partial charge in [0.15, 0.2) is 0 Å². The summed E-state index contributed by atoms with van der Waals surface area (Å²) in [6, 6.07) is 9.38. The zero-order chi connectivity index (χ0) is 17.2. The molecular formula is C17H14ClN5OS. The highest BCUT2D eigenvalue weighted by Gasteiger charge is 2.21. The summed E-state index contributed by atoms with van der Waals surface area (Å²) >= 11 is 7.32. The van der Waals surface area contributed by atoms with Crippen molar-refractivity contribution in [2.45, 2.75) is 12.8 Å². The van der Waals surface area contributed by atoms with Crippen LogP contribution in [0.5, 0.6) is 0 Å². The summed E-state index contributed by atoms with van der Waals surface area (Å²) in [4.78, 5) is 26.7. The van der Waals surface area contributed by atoms with Gasteiger partial charge in [0.2, 0.25) is 5.91 Å². The van der Waals surface area contributed by atoms with E-state index in [1.807, 2.05) is 30.3 Å². The smallest absolute Gasteiger partial charge is 0.227 e. The van der Waals surface area contributed by atoms with Gasteiger partial charge in [0.1, 0.15) is 26.7 Å². The number of hydrogen-bond donors (Lipinski definition) is 1. The molecule has 8 heteroatoms. The van der Waals surface area contributed by atoms with E-state index in [1.165, 1.54) is 11.3 Å². The molecule has 0 aromatic carbocycles. The van der Waals surface area contributed by atoms with Crippen LogP contribution in [0.2, 0.25) is 4.34 Å². The number of rotatable bonds is 4. The molecule has 0 unspecified atom stereocenters. The minimum Gasteiger partial charge on any atom is -0.325 e. The van der Waals surface area contributed by atoms with E-state index in [1.54, 1.807) is 17.3 Å². The summed E-state index contributed by atoms with van der Waals surface area (Å²) in [5.74, 6) is 1.48. The Morgan fingerprint density at radius 3 is 2.72 bits per heavy atom. The lowest BCUT2D eigenvalue weighted by Crippen LogP contribution is -2.23. The Labute approximate surface area is 153 Å². The number of nitrogens with zero attached hydrogens (tertiary/aromatic N) is 4. The first-order chi connectivity index (χ1) is 12.2. The van der Waals surface area contributed by atoms with Gasteiger partial charge in [-0.1, -0.05) is 17.7 Å². The lowest BCUT2D eigenvalue weighted by molar-refractivity contribution is -0.117. The van der Waals surface area contributed by atoms with Crippen LogP contribution in [0, 0.1) is 0 Å². The van der Waals surface area contributed by atoms with E-state index in [4.69, 9.17) is 11.6 Å². The first-order valence-electron chi connectivity index (χ1n) is 7.81. The second-order valence-corrected chi connectivity index (χ2v) is 7.22. The Kier molecular flexibility index (Phi) is 4.33. The molecule has 1 amide bonds. The standard InChI is InChI=1S/C17H14ClN5OS/c18-13-10-20-17(25-13)12-3-1-4-15(21-12)22-14-7-6-11(9-19-14)23-8-2-5-16(23)24/h1,3-4,6-7,9-10H,2,5,8H2,(H,19,21,22). The lowest BCUT2D eigenvalue weighted by Gasteiger charge is -2.15. The fourth-order valence-corrected chi connectivity index (χ4v) is 3.55. The molecule has 3 aromatic heterocycles. The van der Waals surface area contributed by atoms with Gasteiger partial charge < -0.3 is 10.2 Å². The van der Waals surface area contributed by atoms with Crippen molar-refractivity contribution in [3.63, 3.8) is 0 Å². The third-order valence-corrected chi connectivity index (χ3v) is 4.97. The molecule has 1 fully saturated rings. The third kappa shape index (κ3) is 3.47. The minimum atomic E-state index is 0.152. The molecule has 1 aliphatic rings. The molecule has 0 atom stereocenters. The van der Waals surface area contributed by atoms with Crippen molar-refractivity contribution in [3.8, 4) is 10.7 Å². The summed E-state index contributed by atoms with van der Waals surface area (Å²) in [5, 5.41) is 3.94. The topological polar surface area (TPSA) is 71.0 Å². The first kappa shape index (κ1) is 16.0. The van der Waals surface area contributed by atoms with E-state index in [-0.39, 0.29) is 5.91 Å². The molecule has 1 N–H and O–H groups in total. The molecule has 0 aliphatic carbocycles. The average molecular weight is 372 g/mol. The Morgan fingerprint density at radius 2 is 2.04 bits per heavy atom. The van der Waals surface area contributed by atoms with Crippen LogP contribution in [0.15, 0.2) is 42.7 Å². The number of thiazole rings is 1. The molecule has 4 heterocycles. The van der Waals surface area contributed by atoms with Gasteiger partial charge >= 0.3 is 0 Å². The number of aromatic nitrogens is 3. The molecule has 0 spiro atoms. The van der Waals surface area contributed by atoms with Gasteiger partial charge in [-0.05, 0) is 30.7 Å². The zero-order valence-corrected chi connectivity index (χ0v) is 14.7. The molecule has 1 aliphatic heterocycles. The minimum absolute atomic E-state index is 0.152. The zero-order valence-electron chi connectivity index (χ0n) is 13.1. The maximum absolute atomic E-state index is 11.8. The third-order valence-electron chi connectivity index (χ3n) is 3.83. The largest absolute Gasteiger partial charge is 0.325 e. The van der Waals surface area contributed by atoms with Crippen LogP contribution in [-0.2, 0) is 4.79 Å². The number of carbonyl (C=O) groups excluding carboxylic acids is 1. The fraction of sp³-hybridized carbons (Fsp3) is 0.176. The van der Waals surface area contributed by atoms with Gasteiger partial charge in [-0.3, -0.25) is 4.79 Å². The quantitative estimate of drug-likeness (QED) is 0.746. The van der Waals surface area contributed by atoms with Crippen molar-refractivity contribution < 1.29 is 4.79 Å². The Hall–Kier alpha value is -2.51. The molecule has 6 nitrogen and oxygen atoms in total. The first-order valence-corrected chi connectivity index (χ1v) is 9.01. The van der Waals surface area contributed by atoms with Crippen LogP contribution < -0.4 is 10.2 Å². The molecule has 0 radical (unpaired) electrons. The molecule has 3 aromatic rings. The maximum atomic E-state index is 11.8. The average Bonchev–Trinajstić information content (AvgIpc) is 3.24. The van der Waals surface area contributed by atoms with E-state index >= 15 is 0 Å². The normalized spacial score (nSPS) is 14.1. The highest BCUT2D eigenvalue weighted by molar-refractivity contribution is 7.18. The Bertz CT molecular complexity index is 911. The second-order valence-electron chi connectivity index (χ2n) is 5.55. The molecule has 126 valence electrons. The van der Waals surface area contributed by atoms with Gasteiger partial charge in [0, 0.05) is 13.0 Å². The van der Waals surface area contributed by atoms with E-state index in [0.717, 1.165) is 29.4 Å². The number of anilines is 3. The van der Waals surface area contributed by atoms with E-state index in [0.29, 0.717) is 22.4 Å². The highest BCUT2D eigenvalue weighted by atomic mass is 35.5. The summed E-state index contributed by atoms with van der Waals surface area (Å²) in [7, 11) is 0. The SMILES string of the molecule is O=C1CCCN1c1ccc(Nc2cccc(-c3ncc(Cl)s3)n2)nc1. The van der Waals surface area contributed by atoms with Crippen LogP contribution in [-0.4, -0.2) is 27.4 Å². The molecular weight excluding hydrogens is 358 g/mol.